The Balaban J connectivity index is 1.26. The van der Waals surface area contributed by atoms with Crippen LogP contribution >= 0.6 is 0 Å². The Labute approximate surface area is 280 Å². The molecule has 1 aromatic heterocycles. The fourth-order valence-corrected chi connectivity index (χ4v) is 7.27. The molecule has 8 aromatic carbocycles. The number of benzene rings is 8. The van der Waals surface area contributed by atoms with E-state index in [4.69, 9.17) is 4.42 Å². The third-order valence-corrected chi connectivity index (χ3v) is 9.76. The fourth-order valence-electron chi connectivity index (χ4n) is 7.27. The van der Waals surface area contributed by atoms with Crippen molar-refractivity contribution in [2.24, 2.45) is 0 Å². The Hall–Kier alpha value is -5.86. The summed E-state index contributed by atoms with van der Waals surface area (Å²) in [5.41, 5.74) is 8.92. The minimum absolute atomic E-state index is 0.0434. The lowest BCUT2D eigenvalue weighted by molar-refractivity contribution is 0.590. The Morgan fingerprint density at radius 1 is 0.438 bits per heavy atom. The summed E-state index contributed by atoms with van der Waals surface area (Å²) < 4.78 is 6.56. The average Bonchev–Trinajstić information content (AvgIpc) is 3.50. The lowest BCUT2D eigenvalue weighted by Gasteiger charge is -2.26. The first-order valence-electron chi connectivity index (χ1n) is 16.7. The van der Waals surface area contributed by atoms with Crippen LogP contribution in [-0.4, -0.2) is 0 Å². The molecule has 0 aliphatic carbocycles. The number of para-hydroxylation sites is 1. The zero-order valence-corrected chi connectivity index (χ0v) is 27.4. The molecule has 2 nitrogen and oxygen atoms in total. The topological polar surface area (TPSA) is 16.4 Å². The predicted octanol–water partition coefficient (Wildman–Crippen LogP) is 13.5. The summed E-state index contributed by atoms with van der Waals surface area (Å²) in [6.07, 6.45) is 0. The molecule has 0 fully saturated rings. The van der Waals surface area contributed by atoms with E-state index in [0.717, 1.165) is 44.4 Å². The molecule has 230 valence electrons. The summed E-state index contributed by atoms with van der Waals surface area (Å²) in [4.78, 5) is 2.37. The highest BCUT2D eigenvalue weighted by Crippen LogP contribution is 2.43. The monoisotopic (exact) mass is 617 g/mol. The lowest BCUT2D eigenvalue weighted by atomic mass is 9.86. The summed E-state index contributed by atoms with van der Waals surface area (Å²) in [6.45, 7) is 6.79. The van der Waals surface area contributed by atoms with E-state index in [1.165, 1.54) is 43.6 Å². The van der Waals surface area contributed by atoms with Gasteiger partial charge in [-0.2, -0.15) is 0 Å². The molecule has 0 unspecified atom stereocenters. The minimum atomic E-state index is 0.0434. The second kappa shape index (κ2) is 10.9. The second-order valence-corrected chi connectivity index (χ2v) is 13.8. The molecule has 48 heavy (non-hydrogen) atoms. The van der Waals surface area contributed by atoms with Crippen molar-refractivity contribution < 1.29 is 4.42 Å². The molecule has 0 aliphatic heterocycles. The van der Waals surface area contributed by atoms with E-state index in [1.807, 2.05) is 0 Å². The molecule has 9 rings (SSSR count). The van der Waals surface area contributed by atoms with Gasteiger partial charge < -0.3 is 9.32 Å². The summed E-state index contributed by atoms with van der Waals surface area (Å²) in [5, 5.41) is 9.62. The van der Waals surface area contributed by atoms with Crippen molar-refractivity contribution in [1.82, 2.24) is 0 Å². The zero-order valence-electron chi connectivity index (χ0n) is 27.4. The first kappa shape index (κ1) is 28.4. The first-order chi connectivity index (χ1) is 23.4. The van der Waals surface area contributed by atoms with Gasteiger partial charge >= 0.3 is 0 Å². The number of nitrogens with zero attached hydrogens (tertiary/aromatic N) is 1. The predicted molar refractivity (Wildman–Crippen MR) is 205 cm³/mol. The van der Waals surface area contributed by atoms with Gasteiger partial charge in [-0.1, -0.05) is 124 Å². The van der Waals surface area contributed by atoms with Crippen LogP contribution in [0.4, 0.5) is 17.1 Å². The SMILES string of the molecule is CC(C)(C)c1ccc2oc3c4ccccc4c(-c4cccc(N(c5ccccc5)c5ccc6ccc7ccccc7c6c5)c4)cc3c2c1. The van der Waals surface area contributed by atoms with Gasteiger partial charge in [0.05, 0.1) is 0 Å². The molecule has 0 aliphatic rings. The fraction of sp³-hybridized carbons (Fsp3) is 0.0870. The van der Waals surface area contributed by atoms with Crippen molar-refractivity contribution in [1.29, 1.82) is 0 Å². The largest absolute Gasteiger partial charge is 0.455 e. The van der Waals surface area contributed by atoms with Gasteiger partial charge in [-0.05, 0) is 104 Å². The molecule has 0 amide bonds. The Bertz CT molecular complexity index is 2660. The molecule has 0 radical (unpaired) electrons. The van der Waals surface area contributed by atoms with Crippen LogP contribution in [0, 0.1) is 0 Å². The highest BCUT2D eigenvalue weighted by atomic mass is 16.3. The van der Waals surface area contributed by atoms with Gasteiger partial charge in [-0.15, -0.1) is 0 Å². The van der Waals surface area contributed by atoms with Gasteiger partial charge in [0.2, 0.25) is 0 Å². The quantitative estimate of drug-likeness (QED) is 0.183. The highest BCUT2D eigenvalue weighted by Gasteiger charge is 2.20. The molecular weight excluding hydrogens is 583 g/mol. The number of fused-ring (bicyclic) bond motifs is 8. The van der Waals surface area contributed by atoms with Crippen LogP contribution in [0.3, 0.4) is 0 Å². The van der Waals surface area contributed by atoms with E-state index in [-0.39, 0.29) is 5.41 Å². The van der Waals surface area contributed by atoms with Crippen LogP contribution in [0.25, 0.3) is 65.4 Å². The summed E-state index contributed by atoms with van der Waals surface area (Å²) in [5.74, 6) is 0. The van der Waals surface area contributed by atoms with Crippen molar-refractivity contribution in [3.05, 3.63) is 163 Å². The molecule has 0 N–H and O–H groups in total. The Morgan fingerprint density at radius 3 is 1.92 bits per heavy atom. The average molecular weight is 618 g/mol. The van der Waals surface area contributed by atoms with Gasteiger partial charge in [-0.25, -0.2) is 0 Å². The van der Waals surface area contributed by atoms with Crippen LogP contribution in [0.1, 0.15) is 26.3 Å². The van der Waals surface area contributed by atoms with Crippen molar-refractivity contribution in [2.75, 3.05) is 4.90 Å². The summed E-state index contributed by atoms with van der Waals surface area (Å²) >= 11 is 0. The molecule has 1 heterocycles. The number of furan rings is 1. The van der Waals surface area contributed by atoms with Gasteiger partial charge in [0.25, 0.3) is 0 Å². The second-order valence-electron chi connectivity index (χ2n) is 13.8. The molecular formula is C46H35NO. The standard InChI is InChI=1S/C46H35NO/c1-46(2,3)33-23-25-44-42(27-33)43-29-41(38-18-9-10-19-39(38)45(43)48-44)32-13-11-16-35(26-32)47(34-14-5-4-6-15-34)36-24-22-31-21-20-30-12-7-8-17-37(30)40(31)28-36/h4-29H,1-3H3. The smallest absolute Gasteiger partial charge is 0.143 e. The van der Waals surface area contributed by atoms with Crippen molar-refractivity contribution in [2.45, 2.75) is 26.2 Å². The third-order valence-electron chi connectivity index (χ3n) is 9.76. The van der Waals surface area contributed by atoms with Gasteiger partial charge in [0, 0.05) is 33.2 Å². The molecule has 0 atom stereocenters. The number of hydrogen-bond donors (Lipinski definition) is 0. The molecule has 0 saturated carbocycles. The zero-order chi connectivity index (χ0) is 32.4. The maximum atomic E-state index is 6.56. The van der Waals surface area contributed by atoms with Crippen LogP contribution < -0.4 is 4.90 Å². The number of rotatable bonds is 4. The van der Waals surface area contributed by atoms with Crippen molar-refractivity contribution in [3.63, 3.8) is 0 Å². The minimum Gasteiger partial charge on any atom is -0.455 e. The van der Waals surface area contributed by atoms with Gasteiger partial charge in [0.15, 0.2) is 0 Å². The van der Waals surface area contributed by atoms with Crippen LogP contribution in [0.5, 0.6) is 0 Å². The molecule has 0 saturated heterocycles. The van der Waals surface area contributed by atoms with Gasteiger partial charge in [-0.3, -0.25) is 0 Å². The van der Waals surface area contributed by atoms with E-state index in [0.29, 0.717) is 0 Å². The molecule has 2 heteroatoms. The third kappa shape index (κ3) is 4.64. The van der Waals surface area contributed by atoms with Crippen LogP contribution in [-0.2, 0) is 5.41 Å². The molecule has 0 spiro atoms. The highest BCUT2D eigenvalue weighted by molar-refractivity contribution is 6.19. The maximum Gasteiger partial charge on any atom is 0.143 e. The van der Waals surface area contributed by atoms with Crippen LogP contribution in [0.2, 0.25) is 0 Å². The normalized spacial score (nSPS) is 12.1. The number of anilines is 3. The van der Waals surface area contributed by atoms with Crippen molar-refractivity contribution >= 4 is 71.3 Å². The summed E-state index contributed by atoms with van der Waals surface area (Å²) in [6, 6.07) is 57.2. The van der Waals surface area contributed by atoms with E-state index < -0.39 is 0 Å². The van der Waals surface area contributed by atoms with Crippen LogP contribution in [0.15, 0.2) is 162 Å². The molecule has 0 bridgehead atoms. The number of hydrogen-bond acceptors (Lipinski definition) is 2. The van der Waals surface area contributed by atoms with E-state index in [1.54, 1.807) is 0 Å². The van der Waals surface area contributed by atoms with Crippen molar-refractivity contribution in [3.8, 4) is 11.1 Å². The summed E-state index contributed by atoms with van der Waals surface area (Å²) in [7, 11) is 0. The Kier molecular flexibility index (Phi) is 6.42. The van der Waals surface area contributed by atoms with E-state index >= 15 is 0 Å². The maximum absolute atomic E-state index is 6.56. The van der Waals surface area contributed by atoms with E-state index in [9.17, 15) is 0 Å². The van der Waals surface area contributed by atoms with Gasteiger partial charge in [0.1, 0.15) is 11.2 Å². The lowest BCUT2D eigenvalue weighted by Crippen LogP contribution is -2.10. The molecule has 9 aromatic rings. The first-order valence-corrected chi connectivity index (χ1v) is 16.7. The van der Waals surface area contributed by atoms with E-state index in [2.05, 4.69) is 183 Å². The Morgan fingerprint density at radius 2 is 1.10 bits per heavy atom.